The molecule has 0 spiro atoms. The maximum Gasteiger partial charge on any atom is 0.258 e. The van der Waals surface area contributed by atoms with Gasteiger partial charge in [-0.25, -0.2) is 14.6 Å². The van der Waals surface area contributed by atoms with Gasteiger partial charge in [-0.3, -0.25) is 4.79 Å². The van der Waals surface area contributed by atoms with E-state index >= 15 is 0 Å². The van der Waals surface area contributed by atoms with Gasteiger partial charge in [-0.05, 0) is 44.5 Å². The number of nitrogens with one attached hydrogen (secondary N) is 2. The molecule has 0 saturated heterocycles. The smallest absolute Gasteiger partial charge is 0.258 e. The molecule has 0 unspecified atom stereocenters. The van der Waals surface area contributed by atoms with Crippen molar-refractivity contribution in [3.63, 3.8) is 0 Å². The molecule has 0 bridgehead atoms. The molecule has 2 N–H and O–H groups in total. The normalized spacial score (nSPS) is 10.5. The van der Waals surface area contributed by atoms with Crippen molar-refractivity contribution in [2.24, 2.45) is 0 Å². The molecule has 0 aliphatic carbocycles. The Morgan fingerprint density at radius 1 is 1.11 bits per heavy atom. The molecule has 0 aliphatic rings. The summed E-state index contributed by atoms with van der Waals surface area (Å²) in [5, 5.41) is 10.4. The molecule has 3 aromatic rings. The van der Waals surface area contributed by atoms with Gasteiger partial charge in [0.15, 0.2) is 12.4 Å². The summed E-state index contributed by atoms with van der Waals surface area (Å²) in [6.45, 7) is 6.86. The number of anilines is 1. The van der Waals surface area contributed by atoms with E-state index in [0.29, 0.717) is 30.5 Å². The van der Waals surface area contributed by atoms with Crippen LogP contribution in [-0.4, -0.2) is 45.4 Å². The molecular formula is C20H24N6O2. The first kappa shape index (κ1) is 19.3. The van der Waals surface area contributed by atoms with Crippen molar-refractivity contribution in [1.82, 2.24) is 25.1 Å². The van der Waals surface area contributed by atoms with Gasteiger partial charge in [0.05, 0.1) is 5.69 Å². The van der Waals surface area contributed by atoms with Crippen molar-refractivity contribution in [3.8, 4) is 11.6 Å². The molecule has 1 amide bonds. The molecule has 0 radical (unpaired) electrons. The number of rotatable bonds is 8. The number of benzene rings is 1. The Balaban J connectivity index is 1.43. The second-order valence-electron chi connectivity index (χ2n) is 6.48. The minimum absolute atomic E-state index is 0.0148. The Kier molecular flexibility index (Phi) is 6.21. The Hall–Kier alpha value is -3.42. The Morgan fingerprint density at radius 2 is 1.96 bits per heavy atom. The van der Waals surface area contributed by atoms with E-state index in [1.54, 1.807) is 4.68 Å². The van der Waals surface area contributed by atoms with Crippen LogP contribution in [0.1, 0.15) is 17.0 Å². The molecule has 0 saturated carbocycles. The highest BCUT2D eigenvalue weighted by molar-refractivity contribution is 5.77. The first-order valence-corrected chi connectivity index (χ1v) is 9.07. The predicted octanol–water partition coefficient (Wildman–Crippen LogP) is 2.19. The third kappa shape index (κ3) is 5.29. The Bertz CT molecular complexity index is 953. The zero-order valence-corrected chi connectivity index (χ0v) is 16.3. The number of nitrogens with zero attached hydrogens (tertiary/aromatic N) is 4. The maximum absolute atomic E-state index is 11.9. The predicted molar refractivity (Wildman–Crippen MR) is 107 cm³/mol. The molecule has 0 aliphatic heterocycles. The summed E-state index contributed by atoms with van der Waals surface area (Å²) < 4.78 is 7.25. The Labute approximate surface area is 164 Å². The zero-order valence-electron chi connectivity index (χ0n) is 16.3. The quantitative estimate of drug-likeness (QED) is 0.582. The lowest BCUT2D eigenvalue weighted by molar-refractivity contribution is -0.123. The van der Waals surface area contributed by atoms with E-state index in [-0.39, 0.29) is 12.5 Å². The van der Waals surface area contributed by atoms with Crippen molar-refractivity contribution in [3.05, 3.63) is 59.7 Å². The van der Waals surface area contributed by atoms with E-state index < -0.39 is 0 Å². The lowest BCUT2D eigenvalue weighted by Crippen LogP contribution is -2.32. The summed E-state index contributed by atoms with van der Waals surface area (Å²) in [5.41, 5.74) is 3.02. The molecule has 0 atom stereocenters. The van der Waals surface area contributed by atoms with Crippen LogP contribution < -0.4 is 15.4 Å². The van der Waals surface area contributed by atoms with Gasteiger partial charge in [0.1, 0.15) is 17.9 Å². The van der Waals surface area contributed by atoms with E-state index in [2.05, 4.69) is 25.7 Å². The molecule has 28 heavy (non-hydrogen) atoms. The molecule has 8 nitrogen and oxygen atoms in total. The molecule has 3 rings (SSSR count). The monoisotopic (exact) mass is 380 g/mol. The third-order valence-electron chi connectivity index (χ3n) is 3.99. The zero-order chi connectivity index (χ0) is 19.9. The van der Waals surface area contributed by atoms with Crippen LogP contribution in [0.2, 0.25) is 0 Å². The summed E-state index contributed by atoms with van der Waals surface area (Å²) in [7, 11) is 0. The lowest BCUT2D eigenvalue weighted by Gasteiger charge is -2.10. The van der Waals surface area contributed by atoms with Crippen LogP contribution in [-0.2, 0) is 4.79 Å². The van der Waals surface area contributed by atoms with Gasteiger partial charge in [0.2, 0.25) is 0 Å². The van der Waals surface area contributed by atoms with Crippen LogP contribution in [0.25, 0.3) is 5.82 Å². The molecule has 2 heterocycles. The van der Waals surface area contributed by atoms with Crippen LogP contribution in [0.5, 0.6) is 5.75 Å². The van der Waals surface area contributed by atoms with Gasteiger partial charge in [0, 0.05) is 24.8 Å². The van der Waals surface area contributed by atoms with Crippen molar-refractivity contribution in [1.29, 1.82) is 0 Å². The summed E-state index contributed by atoms with van der Waals surface area (Å²) in [6, 6.07) is 11.4. The standard InChI is InChI=1S/C20H24N6O2/c1-14-5-4-6-17(9-14)28-12-20(27)22-8-7-21-18-11-19(24-13-23-18)26-16(3)10-15(2)25-26/h4-6,9-11,13H,7-8,12H2,1-3H3,(H,22,27)(H,21,23,24). The molecule has 0 fully saturated rings. The van der Waals surface area contributed by atoms with E-state index in [0.717, 1.165) is 17.0 Å². The molecule has 146 valence electrons. The fourth-order valence-corrected chi connectivity index (χ4v) is 2.72. The highest BCUT2D eigenvalue weighted by Crippen LogP contribution is 2.13. The fraction of sp³-hybridized carbons (Fsp3) is 0.300. The van der Waals surface area contributed by atoms with Crippen LogP contribution in [0.4, 0.5) is 5.82 Å². The number of carbonyl (C=O) groups excluding carboxylic acids is 1. The van der Waals surface area contributed by atoms with E-state index in [4.69, 9.17) is 4.74 Å². The first-order valence-electron chi connectivity index (χ1n) is 9.07. The third-order valence-corrected chi connectivity index (χ3v) is 3.99. The second kappa shape index (κ2) is 8.98. The van der Waals surface area contributed by atoms with Gasteiger partial charge in [-0.1, -0.05) is 12.1 Å². The van der Waals surface area contributed by atoms with Crippen LogP contribution >= 0.6 is 0 Å². The summed E-state index contributed by atoms with van der Waals surface area (Å²) >= 11 is 0. The maximum atomic E-state index is 11.9. The molecular weight excluding hydrogens is 356 g/mol. The van der Waals surface area contributed by atoms with Crippen LogP contribution in [0.15, 0.2) is 42.7 Å². The average molecular weight is 380 g/mol. The SMILES string of the molecule is Cc1cccc(OCC(=O)NCCNc2cc(-n3nc(C)cc3C)ncn2)c1. The molecule has 8 heteroatoms. The van der Waals surface area contributed by atoms with Crippen molar-refractivity contribution in [2.45, 2.75) is 20.8 Å². The van der Waals surface area contributed by atoms with Crippen molar-refractivity contribution < 1.29 is 9.53 Å². The fourth-order valence-electron chi connectivity index (χ4n) is 2.72. The molecule has 2 aromatic heterocycles. The van der Waals surface area contributed by atoms with Gasteiger partial charge in [-0.2, -0.15) is 5.10 Å². The Morgan fingerprint density at radius 3 is 2.71 bits per heavy atom. The number of ether oxygens (including phenoxy) is 1. The largest absolute Gasteiger partial charge is 0.484 e. The van der Waals surface area contributed by atoms with Gasteiger partial charge in [0.25, 0.3) is 5.91 Å². The number of hydrogen-bond donors (Lipinski definition) is 2. The minimum atomic E-state index is -0.172. The van der Waals surface area contributed by atoms with Crippen LogP contribution in [0.3, 0.4) is 0 Å². The van der Waals surface area contributed by atoms with Crippen LogP contribution in [0, 0.1) is 20.8 Å². The summed E-state index contributed by atoms with van der Waals surface area (Å²) in [5.74, 6) is 1.88. The minimum Gasteiger partial charge on any atom is -0.484 e. The average Bonchev–Trinajstić information content (AvgIpc) is 3.02. The summed E-state index contributed by atoms with van der Waals surface area (Å²) in [6.07, 6.45) is 1.49. The van der Waals surface area contributed by atoms with Crippen molar-refractivity contribution >= 4 is 11.7 Å². The first-order chi connectivity index (χ1) is 13.5. The second-order valence-corrected chi connectivity index (χ2v) is 6.48. The van der Waals surface area contributed by atoms with E-state index in [9.17, 15) is 4.79 Å². The number of carbonyl (C=O) groups is 1. The number of amides is 1. The topological polar surface area (TPSA) is 94.0 Å². The van der Waals surface area contributed by atoms with Gasteiger partial charge >= 0.3 is 0 Å². The summed E-state index contributed by atoms with van der Waals surface area (Å²) in [4.78, 5) is 20.4. The lowest BCUT2D eigenvalue weighted by atomic mass is 10.2. The van der Waals surface area contributed by atoms with Gasteiger partial charge < -0.3 is 15.4 Å². The van der Waals surface area contributed by atoms with Crippen molar-refractivity contribution in [2.75, 3.05) is 25.0 Å². The number of aromatic nitrogens is 4. The highest BCUT2D eigenvalue weighted by Gasteiger charge is 2.07. The van der Waals surface area contributed by atoms with E-state index in [1.165, 1.54) is 6.33 Å². The highest BCUT2D eigenvalue weighted by atomic mass is 16.5. The number of aryl methyl sites for hydroxylation is 3. The number of hydrogen-bond acceptors (Lipinski definition) is 6. The van der Waals surface area contributed by atoms with Gasteiger partial charge in [-0.15, -0.1) is 0 Å². The molecule has 1 aromatic carbocycles. The van der Waals surface area contributed by atoms with E-state index in [1.807, 2.05) is 57.2 Å².